The van der Waals surface area contributed by atoms with E-state index in [1.165, 1.54) is 6.92 Å². The highest BCUT2D eigenvalue weighted by Crippen LogP contribution is 2.63. The molecule has 4 rings (SSSR count). The van der Waals surface area contributed by atoms with Crippen molar-refractivity contribution in [3.05, 3.63) is 24.2 Å². The van der Waals surface area contributed by atoms with Gasteiger partial charge in [0.2, 0.25) is 0 Å². The number of ketones is 2. The van der Waals surface area contributed by atoms with Crippen LogP contribution in [0.3, 0.4) is 0 Å². The molecule has 0 bridgehead atoms. The van der Waals surface area contributed by atoms with Crippen molar-refractivity contribution in [2.45, 2.75) is 52.2 Å². The molecule has 0 radical (unpaired) electrons. The Kier molecular flexibility index (Phi) is 5.39. The van der Waals surface area contributed by atoms with E-state index in [2.05, 4.69) is 0 Å². The van der Waals surface area contributed by atoms with Gasteiger partial charge in [0.25, 0.3) is 0 Å². The zero-order valence-corrected chi connectivity index (χ0v) is 18.0. The van der Waals surface area contributed by atoms with E-state index in [1.807, 2.05) is 19.9 Å². The maximum Gasteiger partial charge on any atom is 0.303 e. The van der Waals surface area contributed by atoms with Gasteiger partial charge in [-0.1, -0.05) is 13.8 Å². The Balaban J connectivity index is 1.77. The normalized spacial score (nSPS) is 41.1. The fourth-order valence-electron chi connectivity index (χ4n) is 6.44. The summed E-state index contributed by atoms with van der Waals surface area (Å²) < 4.78 is 22.2. The molecule has 0 spiro atoms. The third kappa shape index (κ3) is 3.23. The predicted molar refractivity (Wildman–Crippen MR) is 105 cm³/mol. The van der Waals surface area contributed by atoms with Gasteiger partial charge >= 0.3 is 5.97 Å². The summed E-state index contributed by atoms with van der Waals surface area (Å²) in [6, 6.07) is 1.86. The van der Waals surface area contributed by atoms with Gasteiger partial charge in [-0.2, -0.15) is 0 Å². The van der Waals surface area contributed by atoms with Crippen LogP contribution in [0.1, 0.15) is 51.7 Å². The van der Waals surface area contributed by atoms with Crippen LogP contribution in [-0.4, -0.2) is 44.0 Å². The van der Waals surface area contributed by atoms with Crippen LogP contribution in [0.4, 0.5) is 0 Å². The molecule has 164 valence electrons. The molecule has 0 amide bonds. The summed E-state index contributed by atoms with van der Waals surface area (Å²) in [6.07, 6.45) is 3.42. The Bertz CT molecular complexity index is 831. The van der Waals surface area contributed by atoms with E-state index >= 15 is 0 Å². The van der Waals surface area contributed by atoms with Crippen LogP contribution >= 0.6 is 0 Å². The first-order valence-electron chi connectivity index (χ1n) is 10.6. The number of rotatable bonds is 4. The van der Waals surface area contributed by atoms with Crippen LogP contribution in [-0.2, 0) is 28.6 Å². The summed E-state index contributed by atoms with van der Waals surface area (Å²) in [5.74, 6) is -1.25. The van der Waals surface area contributed by atoms with E-state index in [1.54, 1.807) is 19.6 Å². The van der Waals surface area contributed by atoms with Gasteiger partial charge in [0.05, 0.1) is 25.2 Å². The van der Waals surface area contributed by atoms with Crippen molar-refractivity contribution >= 4 is 17.5 Å². The maximum absolute atomic E-state index is 13.7. The number of Topliss-reactive ketones (excluding diaryl/α,β-unsaturated/α-hetero) is 2. The molecule has 7 atom stereocenters. The topological polar surface area (TPSA) is 92.0 Å². The Morgan fingerprint density at radius 2 is 2.03 bits per heavy atom. The number of hydrogen-bond acceptors (Lipinski definition) is 7. The monoisotopic (exact) mass is 418 g/mol. The molecular formula is C23H30O7. The van der Waals surface area contributed by atoms with E-state index in [4.69, 9.17) is 18.6 Å². The van der Waals surface area contributed by atoms with Crippen molar-refractivity contribution in [3.8, 4) is 0 Å². The second kappa shape index (κ2) is 7.61. The SMILES string of the molecule is COC[C@@H]1C[C@H](OC(C)=O)C(=O)[C@@H]2C3(C)C[C@@H](c4ccoc4)OC[C@@H]3C(=O)C[C@@]12C. The van der Waals surface area contributed by atoms with E-state index in [-0.39, 0.29) is 36.1 Å². The largest absolute Gasteiger partial charge is 0.472 e. The van der Waals surface area contributed by atoms with E-state index in [0.29, 0.717) is 25.9 Å². The molecule has 3 aliphatic rings. The van der Waals surface area contributed by atoms with Crippen molar-refractivity contribution in [2.75, 3.05) is 20.3 Å². The maximum atomic E-state index is 13.7. The van der Waals surface area contributed by atoms with Gasteiger partial charge in [-0.25, -0.2) is 0 Å². The second-order valence-corrected chi connectivity index (χ2v) is 9.61. The van der Waals surface area contributed by atoms with Crippen LogP contribution < -0.4 is 0 Å². The zero-order chi connectivity index (χ0) is 21.7. The first-order valence-corrected chi connectivity index (χ1v) is 10.6. The molecule has 3 fully saturated rings. The summed E-state index contributed by atoms with van der Waals surface area (Å²) in [7, 11) is 1.62. The summed E-state index contributed by atoms with van der Waals surface area (Å²) >= 11 is 0. The van der Waals surface area contributed by atoms with Crippen molar-refractivity contribution in [2.24, 2.45) is 28.6 Å². The van der Waals surface area contributed by atoms with Crippen molar-refractivity contribution in [1.82, 2.24) is 0 Å². The minimum atomic E-state index is -0.804. The number of hydrogen-bond donors (Lipinski definition) is 0. The van der Waals surface area contributed by atoms with Crippen LogP contribution in [0.5, 0.6) is 0 Å². The highest BCUT2D eigenvalue weighted by Gasteiger charge is 2.66. The minimum absolute atomic E-state index is 0.0634. The molecular weight excluding hydrogens is 388 g/mol. The Hall–Kier alpha value is -1.99. The molecule has 7 nitrogen and oxygen atoms in total. The fourth-order valence-corrected chi connectivity index (χ4v) is 6.44. The highest BCUT2D eigenvalue weighted by atomic mass is 16.5. The Labute approximate surface area is 176 Å². The van der Waals surface area contributed by atoms with Crippen LogP contribution in [0.15, 0.2) is 23.0 Å². The van der Waals surface area contributed by atoms with Crippen molar-refractivity contribution in [3.63, 3.8) is 0 Å². The number of ether oxygens (including phenoxy) is 3. The highest BCUT2D eigenvalue weighted by molar-refractivity contribution is 5.94. The van der Waals surface area contributed by atoms with Gasteiger partial charge in [0.15, 0.2) is 11.9 Å². The van der Waals surface area contributed by atoms with Gasteiger partial charge in [0.1, 0.15) is 5.78 Å². The molecule has 0 aromatic carbocycles. The first-order chi connectivity index (χ1) is 14.2. The molecule has 2 saturated carbocycles. The van der Waals surface area contributed by atoms with Crippen LogP contribution in [0.25, 0.3) is 0 Å². The minimum Gasteiger partial charge on any atom is -0.472 e. The number of carbonyl (C=O) groups excluding carboxylic acids is 3. The number of methoxy groups -OCH3 is 1. The first kappa shape index (κ1) is 21.2. The third-order valence-electron chi connectivity index (χ3n) is 7.77. The quantitative estimate of drug-likeness (QED) is 0.694. The lowest BCUT2D eigenvalue weighted by Crippen LogP contribution is -2.65. The lowest BCUT2D eigenvalue weighted by Gasteiger charge is -2.61. The third-order valence-corrected chi connectivity index (χ3v) is 7.77. The van der Waals surface area contributed by atoms with Gasteiger partial charge in [-0.05, 0) is 35.7 Å². The smallest absolute Gasteiger partial charge is 0.303 e. The van der Waals surface area contributed by atoms with Crippen molar-refractivity contribution in [1.29, 1.82) is 0 Å². The summed E-state index contributed by atoms with van der Waals surface area (Å²) in [6.45, 7) is 6.08. The lowest BCUT2D eigenvalue weighted by atomic mass is 9.43. The number of carbonyl (C=O) groups is 3. The van der Waals surface area contributed by atoms with Gasteiger partial charge in [0, 0.05) is 44.5 Å². The molecule has 1 aromatic heterocycles. The lowest BCUT2D eigenvalue weighted by molar-refractivity contribution is -0.205. The van der Waals surface area contributed by atoms with Gasteiger partial charge < -0.3 is 18.6 Å². The Morgan fingerprint density at radius 3 is 2.67 bits per heavy atom. The van der Waals surface area contributed by atoms with Crippen molar-refractivity contribution < 1.29 is 33.0 Å². The van der Waals surface area contributed by atoms with E-state index in [9.17, 15) is 14.4 Å². The molecule has 1 unspecified atom stereocenters. The van der Waals surface area contributed by atoms with E-state index < -0.39 is 28.8 Å². The molecule has 2 aliphatic carbocycles. The van der Waals surface area contributed by atoms with E-state index in [0.717, 1.165) is 5.56 Å². The summed E-state index contributed by atoms with van der Waals surface area (Å²) in [4.78, 5) is 38.7. The van der Waals surface area contributed by atoms with Crippen LogP contribution in [0.2, 0.25) is 0 Å². The average molecular weight is 418 g/mol. The number of furan rings is 1. The van der Waals surface area contributed by atoms with Gasteiger partial charge in [-0.3, -0.25) is 14.4 Å². The zero-order valence-electron chi connectivity index (χ0n) is 18.0. The fraction of sp³-hybridized carbons (Fsp3) is 0.696. The Morgan fingerprint density at radius 1 is 1.27 bits per heavy atom. The van der Waals surface area contributed by atoms with Gasteiger partial charge in [-0.15, -0.1) is 0 Å². The molecule has 30 heavy (non-hydrogen) atoms. The summed E-state index contributed by atoms with van der Waals surface area (Å²) in [5.41, 5.74) is -0.251. The molecule has 1 saturated heterocycles. The standard InChI is InChI=1S/C23H30O7/c1-13(24)30-18-7-15(11-27-4)22(2)8-17(25)16-12-29-19(14-5-6-28-10-14)9-23(16,3)21(22)20(18)26/h5-6,10,15-16,18-19,21H,7-9,11-12H2,1-4H3/t15-,16+,18-,19-,21-,22-,23?/m0/s1. The molecule has 7 heteroatoms. The number of fused-ring (bicyclic) bond motifs is 3. The predicted octanol–water partition coefficient (Wildman–Crippen LogP) is 3.13. The molecule has 0 N–H and O–H groups in total. The molecule has 1 aromatic rings. The second-order valence-electron chi connectivity index (χ2n) is 9.61. The van der Waals surface area contributed by atoms with Crippen LogP contribution in [0, 0.1) is 28.6 Å². The molecule has 1 aliphatic heterocycles. The summed E-state index contributed by atoms with van der Waals surface area (Å²) in [5, 5.41) is 0. The number of esters is 1. The average Bonchev–Trinajstić information content (AvgIpc) is 3.19. The molecule has 2 heterocycles.